The maximum atomic E-state index is 11.8. The van der Waals surface area contributed by atoms with E-state index in [1.165, 1.54) is 4.31 Å². The average molecular weight is 310 g/mol. The SMILES string of the molecule is CCC1COS(=O)(=O)N1Cc1c(Cl)cccc1Cl. The summed E-state index contributed by atoms with van der Waals surface area (Å²) in [5.74, 6) is 0. The lowest BCUT2D eigenvalue weighted by Crippen LogP contribution is -2.33. The summed E-state index contributed by atoms with van der Waals surface area (Å²) in [4.78, 5) is 0. The highest BCUT2D eigenvalue weighted by molar-refractivity contribution is 7.84. The molecular weight excluding hydrogens is 297 g/mol. The lowest BCUT2D eigenvalue weighted by atomic mass is 10.2. The van der Waals surface area contributed by atoms with Crippen LogP contribution < -0.4 is 0 Å². The third-order valence-corrected chi connectivity index (χ3v) is 5.09. The molecule has 1 heterocycles. The molecule has 1 unspecified atom stereocenters. The van der Waals surface area contributed by atoms with Gasteiger partial charge in [0.15, 0.2) is 0 Å². The Kier molecular flexibility index (Phi) is 4.18. The molecule has 0 amide bonds. The van der Waals surface area contributed by atoms with Gasteiger partial charge >= 0.3 is 10.3 Å². The summed E-state index contributed by atoms with van der Waals surface area (Å²) in [6.45, 7) is 2.23. The molecule has 1 saturated heterocycles. The van der Waals surface area contributed by atoms with Crippen molar-refractivity contribution in [2.75, 3.05) is 6.61 Å². The van der Waals surface area contributed by atoms with Gasteiger partial charge in [-0.15, -0.1) is 0 Å². The molecule has 1 aliphatic rings. The van der Waals surface area contributed by atoms with Gasteiger partial charge in [-0.3, -0.25) is 4.18 Å². The van der Waals surface area contributed by atoms with Crippen LogP contribution in [0.15, 0.2) is 18.2 Å². The summed E-state index contributed by atoms with van der Waals surface area (Å²) in [7, 11) is -3.66. The van der Waals surface area contributed by atoms with Gasteiger partial charge in [0.05, 0.1) is 12.6 Å². The van der Waals surface area contributed by atoms with Crippen molar-refractivity contribution in [2.24, 2.45) is 0 Å². The van der Waals surface area contributed by atoms with Crippen molar-refractivity contribution < 1.29 is 12.6 Å². The highest BCUT2D eigenvalue weighted by Gasteiger charge is 2.38. The van der Waals surface area contributed by atoms with Gasteiger partial charge in [0.1, 0.15) is 0 Å². The van der Waals surface area contributed by atoms with Gasteiger partial charge in [0, 0.05) is 22.2 Å². The molecule has 1 aromatic carbocycles. The molecule has 0 bridgehead atoms. The Morgan fingerprint density at radius 1 is 1.39 bits per heavy atom. The first-order valence-corrected chi connectivity index (χ1v) is 7.67. The van der Waals surface area contributed by atoms with E-state index in [1.54, 1.807) is 18.2 Å². The van der Waals surface area contributed by atoms with Crippen LogP contribution in [0.4, 0.5) is 0 Å². The third-order valence-electron chi connectivity index (χ3n) is 2.95. The first kappa shape index (κ1) is 14.1. The number of hydrogen-bond acceptors (Lipinski definition) is 3. The van der Waals surface area contributed by atoms with Crippen LogP contribution in [0.25, 0.3) is 0 Å². The molecule has 0 spiro atoms. The van der Waals surface area contributed by atoms with Crippen molar-refractivity contribution in [3.8, 4) is 0 Å². The predicted octanol–water partition coefficient (Wildman–Crippen LogP) is 2.85. The summed E-state index contributed by atoms with van der Waals surface area (Å²) in [6, 6.07) is 4.93. The van der Waals surface area contributed by atoms with E-state index < -0.39 is 10.3 Å². The Balaban J connectivity index is 2.32. The van der Waals surface area contributed by atoms with E-state index in [-0.39, 0.29) is 19.2 Å². The molecule has 1 fully saturated rings. The number of rotatable bonds is 3. The van der Waals surface area contributed by atoms with Crippen LogP contribution in [0.3, 0.4) is 0 Å². The summed E-state index contributed by atoms with van der Waals surface area (Å²) < 4.78 is 29.7. The topological polar surface area (TPSA) is 46.6 Å². The van der Waals surface area contributed by atoms with Crippen molar-refractivity contribution in [3.63, 3.8) is 0 Å². The second-order valence-electron chi connectivity index (χ2n) is 4.05. The molecule has 1 aliphatic heterocycles. The molecule has 0 saturated carbocycles. The highest BCUT2D eigenvalue weighted by Crippen LogP contribution is 2.30. The summed E-state index contributed by atoms with van der Waals surface area (Å²) in [5, 5.41) is 0.916. The number of halogens is 2. The fraction of sp³-hybridized carbons (Fsp3) is 0.455. The molecule has 0 N–H and O–H groups in total. The fourth-order valence-corrected chi connectivity index (χ4v) is 3.71. The van der Waals surface area contributed by atoms with Crippen molar-refractivity contribution in [1.29, 1.82) is 0 Å². The van der Waals surface area contributed by atoms with E-state index in [4.69, 9.17) is 27.4 Å². The van der Waals surface area contributed by atoms with Crippen LogP contribution in [0, 0.1) is 0 Å². The number of benzene rings is 1. The maximum absolute atomic E-state index is 11.8. The zero-order valence-electron chi connectivity index (χ0n) is 9.77. The third kappa shape index (κ3) is 2.65. The average Bonchev–Trinajstić information content (AvgIpc) is 2.59. The van der Waals surface area contributed by atoms with Gasteiger partial charge in [-0.2, -0.15) is 12.7 Å². The lowest BCUT2D eigenvalue weighted by molar-refractivity contribution is 0.300. The van der Waals surface area contributed by atoms with Gasteiger partial charge in [0.2, 0.25) is 0 Å². The van der Waals surface area contributed by atoms with E-state index in [0.717, 1.165) is 0 Å². The Morgan fingerprint density at radius 2 is 2.00 bits per heavy atom. The first-order chi connectivity index (χ1) is 8.45. The molecule has 100 valence electrons. The quantitative estimate of drug-likeness (QED) is 0.862. The minimum Gasteiger partial charge on any atom is -0.256 e. The van der Waals surface area contributed by atoms with Crippen molar-refractivity contribution in [3.05, 3.63) is 33.8 Å². The molecule has 0 aliphatic carbocycles. The molecule has 1 atom stereocenters. The van der Waals surface area contributed by atoms with Gasteiger partial charge in [-0.25, -0.2) is 0 Å². The summed E-state index contributed by atoms with van der Waals surface area (Å²) in [6.07, 6.45) is 0.682. The Morgan fingerprint density at radius 3 is 2.56 bits per heavy atom. The largest absolute Gasteiger partial charge is 0.339 e. The van der Waals surface area contributed by atoms with E-state index in [1.807, 2.05) is 6.92 Å². The minimum absolute atomic E-state index is 0.138. The van der Waals surface area contributed by atoms with Crippen LogP contribution in [-0.2, 0) is 21.0 Å². The Bertz CT molecular complexity index is 527. The summed E-state index contributed by atoms with van der Waals surface area (Å²) >= 11 is 12.1. The predicted molar refractivity (Wildman–Crippen MR) is 71.0 cm³/mol. The Labute approximate surface area is 117 Å². The maximum Gasteiger partial charge on any atom is 0.339 e. The number of nitrogens with zero attached hydrogens (tertiary/aromatic N) is 1. The first-order valence-electron chi connectivity index (χ1n) is 5.54. The van der Waals surface area contributed by atoms with Crippen LogP contribution in [-0.4, -0.2) is 25.4 Å². The second-order valence-corrected chi connectivity index (χ2v) is 6.42. The summed E-state index contributed by atoms with van der Waals surface area (Å²) in [5.41, 5.74) is 0.605. The van der Waals surface area contributed by atoms with E-state index in [9.17, 15) is 8.42 Å². The van der Waals surface area contributed by atoms with Crippen molar-refractivity contribution in [1.82, 2.24) is 4.31 Å². The number of hydrogen-bond donors (Lipinski definition) is 0. The van der Waals surface area contributed by atoms with Crippen LogP contribution >= 0.6 is 23.2 Å². The molecular formula is C11H13Cl2NO3S. The monoisotopic (exact) mass is 309 g/mol. The van der Waals surface area contributed by atoms with Crippen LogP contribution in [0.5, 0.6) is 0 Å². The fourth-order valence-electron chi connectivity index (χ4n) is 1.87. The smallest absolute Gasteiger partial charge is 0.256 e. The zero-order valence-corrected chi connectivity index (χ0v) is 12.1. The van der Waals surface area contributed by atoms with Gasteiger partial charge in [-0.1, -0.05) is 36.2 Å². The molecule has 2 rings (SSSR count). The zero-order chi connectivity index (χ0) is 13.3. The van der Waals surface area contributed by atoms with Crippen molar-refractivity contribution >= 4 is 33.5 Å². The molecule has 0 aromatic heterocycles. The normalized spacial score (nSPS) is 23.4. The lowest BCUT2D eigenvalue weighted by Gasteiger charge is -2.20. The van der Waals surface area contributed by atoms with Crippen molar-refractivity contribution in [2.45, 2.75) is 25.9 Å². The highest BCUT2D eigenvalue weighted by atomic mass is 35.5. The van der Waals surface area contributed by atoms with Gasteiger partial charge in [-0.05, 0) is 18.6 Å². The molecule has 0 radical (unpaired) electrons. The van der Waals surface area contributed by atoms with Crippen LogP contribution in [0.2, 0.25) is 10.0 Å². The Hall–Kier alpha value is -0.330. The molecule has 1 aromatic rings. The molecule has 7 heteroatoms. The second kappa shape index (κ2) is 5.35. The van der Waals surface area contributed by atoms with Gasteiger partial charge < -0.3 is 0 Å². The van der Waals surface area contributed by atoms with E-state index in [0.29, 0.717) is 22.0 Å². The molecule has 4 nitrogen and oxygen atoms in total. The van der Waals surface area contributed by atoms with E-state index in [2.05, 4.69) is 0 Å². The minimum atomic E-state index is -3.66. The van der Waals surface area contributed by atoms with Crippen LogP contribution in [0.1, 0.15) is 18.9 Å². The standard InChI is InChI=1S/C11H13Cl2NO3S/c1-2-8-7-17-18(15,16)14(8)6-9-10(12)4-3-5-11(9)13/h3-5,8H,2,6-7H2,1H3. The van der Waals surface area contributed by atoms with Gasteiger partial charge in [0.25, 0.3) is 0 Å². The van der Waals surface area contributed by atoms with E-state index >= 15 is 0 Å². The molecule has 18 heavy (non-hydrogen) atoms.